The molecule has 5 heteroatoms. The second kappa shape index (κ2) is 7.02. The molecule has 0 unspecified atom stereocenters. The monoisotopic (exact) mass is 288 g/mol. The highest BCUT2D eigenvalue weighted by Gasteiger charge is 2.22. The topological polar surface area (TPSA) is 57.7 Å². The summed E-state index contributed by atoms with van der Waals surface area (Å²) >= 11 is 0. The van der Waals surface area contributed by atoms with Crippen molar-refractivity contribution in [2.24, 2.45) is 0 Å². The predicted molar refractivity (Wildman–Crippen MR) is 78.8 cm³/mol. The number of Topliss-reactive ketones (excluding diaryl/α,β-unsaturated/α-hetero) is 1. The molecule has 1 heterocycles. The van der Waals surface area contributed by atoms with Gasteiger partial charge in [0.2, 0.25) is 11.8 Å². The zero-order chi connectivity index (χ0) is 15.2. The van der Waals surface area contributed by atoms with Crippen molar-refractivity contribution in [3.63, 3.8) is 0 Å². The smallest absolute Gasteiger partial charge is 0.223 e. The van der Waals surface area contributed by atoms with Gasteiger partial charge in [-0.05, 0) is 0 Å². The number of hydrogen-bond donors (Lipinski definition) is 0. The van der Waals surface area contributed by atoms with Gasteiger partial charge in [-0.2, -0.15) is 0 Å². The number of amides is 2. The van der Waals surface area contributed by atoms with Crippen molar-refractivity contribution < 1.29 is 14.4 Å². The van der Waals surface area contributed by atoms with Gasteiger partial charge in [0.15, 0.2) is 5.78 Å². The molecule has 1 aliphatic heterocycles. The first-order valence-corrected chi connectivity index (χ1v) is 7.19. The molecule has 1 fully saturated rings. The third-order valence-electron chi connectivity index (χ3n) is 3.74. The lowest BCUT2D eigenvalue weighted by atomic mass is 10.1. The molecule has 2 amide bonds. The van der Waals surface area contributed by atoms with Gasteiger partial charge < -0.3 is 9.80 Å². The van der Waals surface area contributed by atoms with Gasteiger partial charge in [0.05, 0.1) is 0 Å². The number of piperazine rings is 1. The maximum atomic E-state index is 12.1. The number of nitrogens with zero attached hydrogens (tertiary/aromatic N) is 2. The Morgan fingerprint density at radius 1 is 0.905 bits per heavy atom. The van der Waals surface area contributed by atoms with Crippen LogP contribution in [0.2, 0.25) is 0 Å². The Morgan fingerprint density at radius 3 is 2.05 bits per heavy atom. The molecule has 0 spiro atoms. The third kappa shape index (κ3) is 4.15. The molecule has 0 radical (unpaired) electrons. The normalized spacial score (nSPS) is 14.9. The molecule has 1 aromatic carbocycles. The Hall–Kier alpha value is -2.17. The van der Waals surface area contributed by atoms with Crippen molar-refractivity contribution in [3.8, 4) is 0 Å². The summed E-state index contributed by atoms with van der Waals surface area (Å²) in [4.78, 5) is 38.7. The summed E-state index contributed by atoms with van der Waals surface area (Å²) in [6.07, 6.45) is 0.462. The first-order valence-electron chi connectivity index (χ1n) is 7.19. The van der Waals surface area contributed by atoms with Crippen LogP contribution < -0.4 is 0 Å². The fourth-order valence-electron chi connectivity index (χ4n) is 2.42. The van der Waals surface area contributed by atoms with E-state index in [0.717, 1.165) is 0 Å². The SMILES string of the molecule is CC(=O)N1CCN(C(=O)CCC(=O)c2ccccc2)CC1. The van der Waals surface area contributed by atoms with E-state index >= 15 is 0 Å². The molecule has 1 saturated heterocycles. The molecule has 21 heavy (non-hydrogen) atoms. The minimum absolute atomic E-state index is 0.00804. The highest BCUT2D eigenvalue weighted by Crippen LogP contribution is 2.09. The van der Waals surface area contributed by atoms with Gasteiger partial charge in [0.1, 0.15) is 0 Å². The first-order chi connectivity index (χ1) is 10.1. The fraction of sp³-hybridized carbons (Fsp3) is 0.438. The first kappa shape index (κ1) is 15.2. The van der Waals surface area contributed by atoms with Gasteiger partial charge in [-0.3, -0.25) is 14.4 Å². The summed E-state index contributed by atoms with van der Waals surface area (Å²) in [6, 6.07) is 9.01. The summed E-state index contributed by atoms with van der Waals surface area (Å²) < 4.78 is 0. The average molecular weight is 288 g/mol. The quantitative estimate of drug-likeness (QED) is 0.786. The van der Waals surface area contributed by atoms with Crippen molar-refractivity contribution in [3.05, 3.63) is 35.9 Å². The molecule has 0 saturated carbocycles. The molecule has 112 valence electrons. The van der Waals surface area contributed by atoms with E-state index in [1.54, 1.807) is 21.9 Å². The Balaban J connectivity index is 1.78. The standard InChI is InChI=1S/C16H20N2O3/c1-13(19)17-9-11-18(12-10-17)16(21)8-7-15(20)14-5-3-2-4-6-14/h2-6H,7-12H2,1H3. The number of hydrogen-bond acceptors (Lipinski definition) is 3. The van der Waals surface area contributed by atoms with Crippen molar-refractivity contribution in [1.29, 1.82) is 0 Å². The maximum Gasteiger partial charge on any atom is 0.223 e. The van der Waals surface area contributed by atoms with Crippen LogP contribution in [0.5, 0.6) is 0 Å². The van der Waals surface area contributed by atoms with E-state index in [4.69, 9.17) is 0 Å². The molecule has 2 rings (SSSR count). The molecule has 0 N–H and O–H groups in total. The Kier molecular flexibility index (Phi) is 5.09. The van der Waals surface area contributed by atoms with Gasteiger partial charge in [0, 0.05) is 51.5 Å². The second-order valence-corrected chi connectivity index (χ2v) is 5.18. The molecule has 1 aliphatic rings. The van der Waals surface area contributed by atoms with E-state index < -0.39 is 0 Å². The van der Waals surface area contributed by atoms with Crippen LogP contribution in [0, 0.1) is 0 Å². The zero-order valence-corrected chi connectivity index (χ0v) is 12.2. The lowest BCUT2D eigenvalue weighted by molar-refractivity contribution is -0.138. The Bertz CT molecular complexity index is 520. The van der Waals surface area contributed by atoms with Crippen LogP contribution in [-0.4, -0.2) is 53.6 Å². The Labute approximate surface area is 124 Å². The third-order valence-corrected chi connectivity index (χ3v) is 3.74. The van der Waals surface area contributed by atoms with E-state index in [1.165, 1.54) is 6.92 Å². The van der Waals surface area contributed by atoms with E-state index in [1.807, 2.05) is 18.2 Å². The number of carbonyl (C=O) groups is 3. The maximum absolute atomic E-state index is 12.1. The van der Waals surface area contributed by atoms with E-state index in [-0.39, 0.29) is 30.4 Å². The highest BCUT2D eigenvalue weighted by atomic mass is 16.2. The van der Waals surface area contributed by atoms with Crippen LogP contribution in [0.1, 0.15) is 30.1 Å². The minimum atomic E-state index is -0.0116. The van der Waals surface area contributed by atoms with Gasteiger partial charge in [-0.15, -0.1) is 0 Å². The number of ketones is 1. The van der Waals surface area contributed by atoms with Crippen LogP contribution >= 0.6 is 0 Å². The molecular formula is C16H20N2O3. The van der Waals surface area contributed by atoms with E-state index in [2.05, 4.69) is 0 Å². The van der Waals surface area contributed by atoms with E-state index in [0.29, 0.717) is 31.7 Å². The van der Waals surface area contributed by atoms with Crippen LogP contribution in [0.25, 0.3) is 0 Å². The molecule has 1 aromatic rings. The molecule has 5 nitrogen and oxygen atoms in total. The average Bonchev–Trinajstić information content (AvgIpc) is 2.53. The summed E-state index contributed by atoms with van der Waals surface area (Å²) in [6.45, 7) is 3.80. The molecule has 0 atom stereocenters. The summed E-state index contributed by atoms with van der Waals surface area (Å²) in [5.74, 6) is 0.0233. The van der Waals surface area contributed by atoms with Gasteiger partial charge in [-0.1, -0.05) is 30.3 Å². The summed E-state index contributed by atoms with van der Waals surface area (Å²) in [5, 5.41) is 0. The van der Waals surface area contributed by atoms with Crippen molar-refractivity contribution in [1.82, 2.24) is 9.80 Å². The lowest BCUT2D eigenvalue weighted by Crippen LogP contribution is -2.50. The Morgan fingerprint density at radius 2 is 1.48 bits per heavy atom. The van der Waals surface area contributed by atoms with Crippen LogP contribution in [0.15, 0.2) is 30.3 Å². The highest BCUT2D eigenvalue weighted by molar-refractivity contribution is 5.97. The summed E-state index contributed by atoms with van der Waals surface area (Å²) in [5.41, 5.74) is 0.645. The lowest BCUT2D eigenvalue weighted by Gasteiger charge is -2.34. The second-order valence-electron chi connectivity index (χ2n) is 5.18. The molecule has 0 aliphatic carbocycles. The molecular weight excluding hydrogens is 268 g/mol. The van der Waals surface area contributed by atoms with Gasteiger partial charge >= 0.3 is 0 Å². The van der Waals surface area contributed by atoms with Crippen LogP contribution in [0.4, 0.5) is 0 Å². The van der Waals surface area contributed by atoms with Gasteiger partial charge in [-0.25, -0.2) is 0 Å². The van der Waals surface area contributed by atoms with Crippen molar-refractivity contribution in [2.75, 3.05) is 26.2 Å². The largest absolute Gasteiger partial charge is 0.339 e. The van der Waals surface area contributed by atoms with Crippen molar-refractivity contribution in [2.45, 2.75) is 19.8 Å². The van der Waals surface area contributed by atoms with Crippen LogP contribution in [0.3, 0.4) is 0 Å². The zero-order valence-electron chi connectivity index (χ0n) is 12.2. The number of rotatable bonds is 4. The summed E-state index contributed by atoms with van der Waals surface area (Å²) in [7, 11) is 0. The van der Waals surface area contributed by atoms with E-state index in [9.17, 15) is 14.4 Å². The molecule has 0 aromatic heterocycles. The van der Waals surface area contributed by atoms with Crippen LogP contribution in [-0.2, 0) is 9.59 Å². The van der Waals surface area contributed by atoms with Crippen molar-refractivity contribution >= 4 is 17.6 Å². The molecule has 0 bridgehead atoms. The predicted octanol–water partition coefficient (Wildman–Crippen LogP) is 1.34. The van der Waals surface area contributed by atoms with Gasteiger partial charge in [0.25, 0.3) is 0 Å². The fourth-order valence-corrected chi connectivity index (χ4v) is 2.42. The number of carbonyl (C=O) groups excluding carboxylic acids is 3. The number of benzene rings is 1. The minimum Gasteiger partial charge on any atom is -0.339 e.